The van der Waals surface area contributed by atoms with Crippen molar-refractivity contribution in [3.8, 4) is 0 Å². The van der Waals surface area contributed by atoms with Crippen molar-refractivity contribution >= 4 is 33.4 Å². The third-order valence-corrected chi connectivity index (χ3v) is 3.62. The number of aromatic amines is 1. The molecule has 102 valence electrons. The predicted octanol–water partition coefficient (Wildman–Crippen LogP) is 2.62. The van der Waals surface area contributed by atoms with E-state index >= 15 is 0 Å². The maximum absolute atomic E-state index is 4.77. The molecule has 1 heterocycles. The molecule has 0 bridgehead atoms. The van der Waals surface area contributed by atoms with Gasteiger partial charge in [0.1, 0.15) is 11.0 Å². The zero-order valence-corrected chi connectivity index (χ0v) is 12.3. The summed E-state index contributed by atoms with van der Waals surface area (Å²) in [5.41, 5.74) is 7.55. The van der Waals surface area contributed by atoms with E-state index in [-0.39, 0.29) is 0 Å². The van der Waals surface area contributed by atoms with Gasteiger partial charge in [-0.1, -0.05) is 0 Å². The number of H-pyrrole nitrogens is 1. The standard InChI is InChI=1S/C16H18N4/c1-10-7-14-16(9-13(10)17-2)19-15-8-11(20(3)4)5-6-12(15)18-14/h5-9,17H,1-4H3/p+1. The first-order valence-corrected chi connectivity index (χ1v) is 6.71. The molecule has 0 saturated heterocycles. The minimum atomic E-state index is 0.975. The highest BCUT2D eigenvalue weighted by atomic mass is 15.1. The molecule has 2 aromatic carbocycles. The third-order valence-electron chi connectivity index (χ3n) is 3.62. The largest absolute Gasteiger partial charge is 0.388 e. The van der Waals surface area contributed by atoms with Crippen LogP contribution < -0.4 is 15.2 Å². The first-order chi connectivity index (χ1) is 9.58. The molecule has 0 radical (unpaired) electrons. The van der Waals surface area contributed by atoms with E-state index in [1.165, 1.54) is 5.56 Å². The molecule has 3 rings (SSSR count). The number of hydrogen-bond acceptors (Lipinski definition) is 3. The van der Waals surface area contributed by atoms with Crippen LogP contribution in [0.4, 0.5) is 11.4 Å². The molecular formula is C16H19N4+. The maximum Gasteiger partial charge on any atom is 0.230 e. The highest BCUT2D eigenvalue weighted by Gasteiger charge is 2.11. The van der Waals surface area contributed by atoms with E-state index in [1.54, 1.807) is 0 Å². The molecule has 0 spiro atoms. The van der Waals surface area contributed by atoms with Gasteiger partial charge in [0.25, 0.3) is 0 Å². The van der Waals surface area contributed by atoms with Crippen molar-refractivity contribution in [2.75, 3.05) is 31.4 Å². The van der Waals surface area contributed by atoms with Gasteiger partial charge in [0.05, 0.1) is 0 Å². The lowest BCUT2D eigenvalue weighted by atomic mass is 10.1. The fraction of sp³-hybridized carbons (Fsp3) is 0.250. The summed E-state index contributed by atoms with van der Waals surface area (Å²) in [4.78, 5) is 10.3. The van der Waals surface area contributed by atoms with Crippen LogP contribution in [0.15, 0.2) is 30.3 Å². The summed E-state index contributed by atoms with van der Waals surface area (Å²) in [6.07, 6.45) is 0. The zero-order valence-electron chi connectivity index (χ0n) is 12.3. The van der Waals surface area contributed by atoms with Crippen molar-refractivity contribution in [3.05, 3.63) is 35.9 Å². The van der Waals surface area contributed by atoms with Crippen LogP contribution in [0.25, 0.3) is 22.1 Å². The summed E-state index contributed by atoms with van der Waals surface area (Å²) < 4.78 is 0. The molecule has 0 aliphatic heterocycles. The lowest BCUT2D eigenvalue weighted by molar-refractivity contribution is -0.310. The predicted molar refractivity (Wildman–Crippen MR) is 84.4 cm³/mol. The Hall–Kier alpha value is -2.36. The number of nitrogens with one attached hydrogen (secondary N) is 2. The Morgan fingerprint density at radius 2 is 1.80 bits per heavy atom. The quantitative estimate of drug-likeness (QED) is 0.726. The van der Waals surface area contributed by atoms with Gasteiger partial charge in [-0.3, -0.25) is 0 Å². The molecule has 0 aliphatic carbocycles. The van der Waals surface area contributed by atoms with Crippen molar-refractivity contribution in [1.29, 1.82) is 0 Å². The van der Waals surface area contributed by atoms with Crippen LogP contribution >= 0.6 is 0 Å². The van der Waals surface area contributed by atoms with Crippen molar-refractivity contribution in [1.82, 2.24) is 4.98 Å². The van der Waals surface area contributed by atoms with Gasteiger partial charge in [-0.15, -0.1) is 0 Å². The number of fused-ring (bicyclic) bond motifs is 2. The van der Waals surface area contributed by atoms with Crippen LogP contribution in [-0.4, -0.2) is 26.1 Å². The van der Waals surface area contributed by atoms with Gasteiger partial charge in [0.2, 0.25) is 11.0 Å². The van der Waals surface area contributed by atoms with E-state index in [0.29, 0.717) is 0 Å². The Bertz CT molecular complexity index is 793. The highest BCUT2D eigenvalue weighted by Crippen LogP contribution is 2.22. The Kier molecular flexibility index (Phi) is 2.93. The second kappa shape index (κ2) is 4.63. The Balaban J connectivity index is 2.29. The van der Waals surface area contributed by atoms with Gasteiger partial charge >= 0.3 is 0 Å². The number of aromatic nitrogens is 2. The number of benzene rings is 2. The van der Waals surface area contributed by atoms with Gasteiger partial charge < -0.3 is 10.2 Å². The number of nitrogens with zero attached hydrogens (tertiary/aromatic N) is 2. The molecule has 0 unspecified atom stereocenters. The minimum absolute atomic E-state index is 0.975. The summed E-state index contributed by atoms with van der Waals surface area (Å²) in [5, 5.41) is 3.20. The van der Waals surface area contributed by atoms with E-state index in [1.807, 2.05) is 21.1 Å². The van der Waals surface area contributed by atoms with E-state index in [4.69, 9.17) is 4.98 Å². The van der Waals surface area contributed by atoms with Crippen molar-refractivity contribution in [2.45, 2.75) is 6.92 Å². The van der Waals surface area contributed by atoms with Crippen LogP contribution in [0, 0.1) is 6.92 Å². The molecule has 20 heavy (non-hydrogen) atoms. The number of aryl methyl sites for hydroxylation is 1. The SMILES string of the molecule is CNc1cc2nc3cc(N(C)C)ccc3[nH+]c2cc1C. The summed E-state index contributed by atoms with van der Waals surface area (Å²) in [6, 6.07) is 10.5. The van der Waals surface area contributed by atoms with E-state index in [9.17, 15) is 0 Å². The maximum atomic E-state index is 4.77. The Morgan fingerprint density at radius 3 is 2.50 bits per heavy atom. The molecule has 3 aromatic rings. The molecule has 0 amide bonds. The summed E-state index contributed by atoms with van der Waals surface area (Å²) in [5.74, 6) is 0. The fourth-order valence-electron chi connectivity index (χ4n) is 2.43. The Labute approximate surface area is 118 Å². The number of rotatable bonds is 2. The second-order valence-corrected chi connectivity index (χ2v) is 5.27. The van der Waals surface area contributed by atoms with E-state index in [2.05, 4.69) is 52.5 Å². The van der Waals surface area contributed by atoms with E-state index < -0.39 is 0 Å². The molecule has 0 aliphatic rings. The van der Waals surface area contributed by atoms with Gasteiger partial charge in [0.15, 0.2) is 0 Å². The summed E-state index contributed by atoms with van der Waals surface area (Å²) in [7, 11) is 6.01. The molecule has 1 aromatic heterocycles. The normalized spacial score (nSPS) is 11.0. The van der Waals surface area contributed by atoms with Gasteiger partial charge in [-0.05, 0) is 30.7 Å². The molecule has 0 fully saturated rings. The Morgan fingerprint density at radius 1 is 1.05 bits per heavy atom. The van der Waals surface area contributed by atoms with Crippen LogP contribution in [0.3, 0.4) is 0 Å². The summed E-state index contributed by atoms with van der Waals surface area (Å²) >= 11 is 0. The van der Waals surface area contributed by atoms with Crippen molar-refractivity contribution < 1.29 is 4.98 Å². The monoisotopic (exact) mass is 267 g/mol. The average Bonchev–Trinajstić information content (AvgIpc) is 2.43. The van der Waals surface area contributed by atoms with E-state index in [0.717, 1.165) is 33.4 Å². The second-order valence-electron chi connectivity index (χ2n) is 5.27. The van der Waals surface area contributed by atoms with Gasteiger partial charge in [-0.25, -0.2) is 9.97 Å². The van der Waals surface area contributed by atoms with Crippen LogP contribution in [0.1, 0.15) is 5.56 Å². The van der Waals surface area contributed by atoms with Crippen LogP contribution in [0.5, 0.6) is 0 Å². The average molecular weight is 267 g/mol. The smallest absolute Gasteiger partial charge is 0.230 e. The topological polar surface area (TPSA) is 42.3 Å². The molecular weight excluding hydrogens is 248 g/mol. The highest BCUT2D eigenvalue weighted by molar-refractivity contribution is 5.85. The van der Waals surface area contributed by atoms with Gasteiger partial charge in [0, 0.05) is 44.7 Å². The minimum Gasteiger partial charge on any atom is -0.388 e. The first-order valence-electron chi connectivity index (χ1n) is 6.71. The fourth-order valence-corrected chi connectivity index (χ4v) is 2.43. The van der Waals surface area contributed by atoms with Gasteiger partial charge in [-0.2, -0.15) is 0 Å². The van der Waals surface area contributed by atoms with Crippen LogP contribution in [-0.2, 0) is 0 Å². The van der Waals surface area contributed by atoms with Crippen LogP contribution in [0.2, 0.25) is 0 Å². The lowest BCUT2D eigenvalue weighted by Gasteiger charge is -2.11. The number of anilines is 2. The van der Waals surface area contributed by atoms with Crippen molar-refractivity contribution in [2.24, 2.45) is 0 Å². The molecule has 2 N–H and O–H groups in total. The molecule has 0 saturated carbocycles. The first kappa shape index (κ1) is 12.7. The zero-order chi connectivity index (χ0) is 14.3. The molecule has 4 nitrogen and oxygen atoms in total. The number of hydrogen-bond donors (Lipinski definition) is 1. The third kappa shape index (κ3) is 2.03. The molecule has 4 heteroatoms. The van der Waals surface area contributed by atoms with Crippen molar-refractivity contribution in [3.63, 3.8) is 0 Å². The lowest BCUT2D eigenvalue weighted by Crippen LogP contribution is -2.11. The summed E-state index contributed by atoms with van der Waals surface area (Å²) in [6.45, 7) is 2.10. The molecule has 0 atom stereocenters.